The molecule has 1 aromatic carbocycles. The first-order valence-electron chi connectivity index (χ1n) is 9.59. The number of nitrogens with zero attached hydrogens (tertiary/aromatic N) is 4. The molecule has 0 radical (unpaired) electrons. The first-order valence-corrected chi connectivity index (χ1v) is 9.59. The van der Waals surface area contributed by atoms with Gasteiger partial charge in [0.2, 0.25) is 0 Å². The van der Waals surface area contributed by atoms with Gasteiger partial charge in [0.15, 0.2) is 0 Å². The maximum Gasteiger partial charge on any atom is 0.270 e. The van der Waals surface area contributed by atoms with Crippen LogP contribution in [0.4, 0.5) is 0 Å². The molecular weight excluding hydrogens is 358 g/mol. The smallest absolute Gasteiger partial charge is 0.270 e. The number of hydrogen-bond donors (Lipinski definition) is 3. The van der Waals surface area contributed by atoms with Crippen molar-refractivity contribution in [1.82, 2.24) is 15.1 Å². The van der Waals surface area contributed by atoms with Crippen LogP contribution in [0.5, 0.6) is 0 Å². The zero-order valence-corrected chi connectivity index (χ0v) is 15.7. The molecule has 4 rings (SSSR count). The number of β-amino-alcohol motifs (C(OH)–C–C–N with tert-alkyl or cyclic N) is 1. The van der Waals surface area contributed by atoms with Crippen molar-refractivity contribution < 1.29 is 15.0 Å². The molecule has 2 atom stereocenters. The minimum absolute atomic E-state index is 0.0314. The number of aliphatic hydroxyl groups is 2. The molecule has 3 N–H and O–H groups in total. The van der Waals surface area contributed by atoms with E-state index in [2.05, 4.69) is 38.4 Å². The molecular formula is C20H25N5O3. The Kier molecular flexibility index (Phi) is 5.52. The molecule has 28 heavy (non-hydrogen) atoms. The second-order valence-electron chi connectivity index (χ2n) is 7.37. The molecule has 0 aliphatic carbocycles. The number of amidine groups is 1. The summed E-state index contributed by atoms with van der Waals surface area (Å²) in [6, 6.07) is 8.19. The van der Waals surface area contributed by atoms with Crippen LogP contribution in [0.3, 0.4) is 0 Å². The average Bonchev–Trinajstić information content (AvgIpc) is 3.14. The molecule has 3 heterocycles. The SMILES string of the molecule is O=C(NCC(O)CN1CCc2ccccc2C1)C1=CC2=NC(CO)CN2C=N1. The van der Waals surface area contributed by atoms with E-state index in [1.54, 1.807) is 17.3 Å². The van der Waals surface area contributed by atoms with E-state index < -0.39 is 6.10 Å². The van der Waals surface area contributed by atoms with Crippen LogP contribution in [0.1, 0.15) is 11.1 Å². The van der Waals surface area contributed by atoms with Gasteiger partial charge in [0.25, 0.3) is 5.91 Å². The first-order chi connectivity index (χ1) is 13.6. The van der Waals surface area contributed by atoms with Gasteiger partial charge in [-0.3, -0.25) is 14.7 Å². The molecule has 3 aliphatic heterocycles. The lowest BCUT2D eigenvalue weighted by Crippen LogP contribution is -2.42. The number of benzene rings is 1. The molecule has 0 spiro atoms. The maximum atomic E-state index is 12.4. The summed E-state index contributed by atoms with van der Waals surface area (Å²) in [4.78, 5) is 24.9. The van der Waals surface area contributed by atoms with Gasteiger partial charge in [0, 0.05) is 32.3 Å². The summed E-state index contributed by atoms with van der Waals surface area (Å²) in [5.41, 5.74) is 2.93. The Morgan fingerprint density at radius 2 is 2.14 bits per heavy atom. The Morgan fingerprint density at radius 3 is 2.96 bits per heavy atom. The predicted molar refractivity (Wildman–Crippen MR) is 106 cm³/mol. The number of aliphatic imine (C=N–C) groups is 2. The minimum Gasteiger partial charge on any atom is -0.394 e. The zero-order chi connectivity index (χ0) is 19.5. The van der Waals surface area contributed by atoms with E-state index in [4.69, 9.17) is 0 Å². The monoisotopic (exact) mass is 383 g/mol. The van der Waals surface area contributed by atoms with Crippen molar-refractivity contribution in [2.24, 2.45) is 9.98 Å². The molecule has 0 saturated heterocycles. The molecule has 1 amide bonds. The van der Waals surface area contributed by atoms with Gasteiger partial charge in [-0.2, -0.15) is 0 Å². The Labute approximate surface area is 163 Å². The van der Waals surface area contributed by atoms with Crippen LogP contribution in [0.15, 0.2) is 46.0 Å². The number of amides is 1. The fourth-order valence-corrected chi connectivity index (χ4v) is 3.74. The van der Waals surface area contributed by atoms with Crippen molar-refractivity contribution in [2.45, 2.75) is 25.1 Å². The van der Waals surface area contributed by atoms with Gasteiger partial charge in [-0.15, -0.1) is 0 Å². The van der Waals surface area contributed by atoms with E-state index >= 15 is 0 Å². The summed E-state index contributed by atoms with van der Waals surface area (Å²) in [5, 5.41) is 22.3. The summed E-state index contributed by atoms with van der Waals surface area (Å²) < 4.78 is 0. The summed E-state index contributed by atoms with van der Waals surface area (Å²) in [6.45, 7) is 2.93. The van der Waals surface area contributed by atoms with Crippen molar-refractivity contribution in [3.8, 4) is 0 Å². The van der Waals surface area contributed by atoms with Crippen molar-refractivity contribution in [1.29, 1.82) is 0 Å². The molecule has 2 unspecified atom stereocenters. The molecule has 0 bridgehead atoms. The van der Waals surface area contributed by atoms with E-state index in [-0.39, 0.29) is 30.8 Å². The molecule has 1 aromatic rings. The normalized spacial score (nSPS) is 22.2. The number of carbonyl (C=O) groups is 1. The molecule has 8 heteroatoms. The van der Waals surface area contributed by atoms with E-state index in [1.807, 2.05) is 6.07 Å². The Morgan fingerprint density at radius 1 is 1.32 bits per heavy atom. The van der Waals surface area contributed by atoms with Crippen LogP contribution in [-0.4, -0.2) is 83.0 Å². The summed E-state index contributed by atoms with van der Waals surface area (Å²) >= 11 is 0. The highest BCUT2D eigenvalue weighted by Gasteiger charge is 2.26. The fraction of sp³-hybridized carbons (Fsp3) is 0.450. The minimum atomic E-state index is -0.651. The zero-order valence-electron chi connectivity index (χ0n) is 15.7. The van der Waals surface area contributed by atoms with Crippen LogP contribution in [0.25, 0.3) is 0 Å². The fourth-order valence-electron chi connectivity index (χ4n) is 3.74. The third kappa shape index (κ3) is 4.14. The van der Waals surface area contributed by atoms with Gasteiger partial charge in [0.1, 0.15) is 11.5 Å². The number of fused-ring (bicyclic) bond motifs is 2. The Bertz CT molecular complexity index is 835. The third-order valence-electron chi connectivity index (χ3n) is 5.24. The van der Waals surface area contributed by atoms with Gasteiger partial charge >= 0.3 is 0 Å². The maximum absolute atomic E-state index is 12.4. The van der Waals surface area contributed by atoms with Crippen LogP contribution >= 0.6 is 0 Å². The highest BCUT2D eigenvalue weighted by molar-refractivity contribution is 6.10. The van der Waals surface area contributed by atoms with Crippen LogP contribution in [-0.2, 0) is 17.8 Å². The molecule has 0 aromatic heterocycles. The standard InChI is InChI=1S/C20H25N5O3/c26-12-16-10-25-13-22-18(7-19(25)23-16)20(28)21-8-17(27)11-24-6-5-14-3-1-2-4-15(14)9-24/h1-4,7,13,16-17,26-27H,5-6,8-12H2,(H,21,28). The lowest BCUT2D eigenvalue weighted by atomic mass is 10.00. The molecule has 8 nitrogen and oxygen atoms in total. The van der Waals surface area contributed by atoms with Gasteiger partial charge in [-0.1, -0.05) is 24.3 Å². The van der Waals surface area contributed by atoms with Crippen LogP contribution < -0.4 is 5.32 Å². The predicted octanol–water partition coefficient (Wildman–Crippen LogP) is -0.477. The quantitative estimate of drug-likeness (QED) is 0.616. The van der Waals surface area contributed by atoms with Gasteiger partial charge in [0.05, 0.1) is 31.6 Å². The van der Waals surface area contributed by atoms with Crippen molar-refractivity contribution in [2.75, 3.05) is 32.8 Å². The van der Waals surface area contributed by atoms with Gasteiger partial charge in [-0.05, 0) is 17.5 Å². The van der Waals surface area contributed by atoms with E-state index in [9.17, 15) is 15.0 Å². The third-order valence-corrected chi connectivity index (χ3v) is 5.24. The average molecular weight is 383 g/mol. The van der Waals surface area contributed by atoms with Crippen LogP contribution in [0, 0.1) is 0 Å². The van der Waals surface area contributed by atoms with E-state index in [0.717, 1.165) is 19.5 Å². The summed E-state index contributed by atoms with van der Waals surface area (Å²) in [6.07, 6.45) is 3.50. The topological polar surface area (TPSA) is 101 Å². The summed E-state index contributed by atoms with van der Waals surface area (Å²) in [7, 11) is 0. The van der Waals surface area contributed by atoms with Gasteiger partial charge < -0.3 is 20.4 Å². The molecule has 3 aliphatic rings. The van der Waals surface area contributed by atoms with Crippen LogP contribution in [0.2, 0.25) is 0 Å². The molecule has 0 fully saturated rings. The number of nitrogens with one attached hydrogen (secondary N) is 1. The highest BCUT2D eigenvalue weighted by Crippen LogP contribution is 2.18. The summed E-state index contributed by atoms with van der Waals surface area (Å²) in [5.74, 6) is 0.292. The Balaban J connectivity index is 1.27. The number of rotatable bonds is 6. The number of carbonyl (C=O) groups excluding carboxylic acids is 1. The number of aliphatic hydroxyl groups excluding tert-OH is 2. The van der Waals surface area contributed by atoms with Crippen molar-refractivity contribution in [3.05, 3.63) is 47.2 Å². The second kappa shape index (κ2) is 8.22. The molecule has 148 valence electrons. The lowest BCUT2D eigenvalue weighted by Gasteiger charge is -2.30. The highest BCUT2D eigenvalue weighted by atomic mass is 16.3. The first kappa shape index (κ1) is 18.8. The van der Waals surface area contributed by atoms with Crippen molar-refractivity contribution >= 4 is 18.1 Å². The molecule has 0 saturated carbocycles. The second-order valence-corrected chi connectivity index (χ2v) is 7.37. The van der Waals surface area contributed by atoms with E-state index in [1.165, 1.54) is 11.1 Å². The van der Waals surface area contributed by atoms with Crippen molar-refractivity contribution in [3.63, 3.8) is 0 Å². The largest absolute Gasteiger partial charge is 0.394 e. The Hall–Kier alpha value is -2.55. The lowest BCUT2D eigenvalue weighted by molar-refractivity contribution is -0.118. The van der Waals surface area contributed by atoms with Gasteiger partial charge in [-0.25, -0.2) is 4.99 Å². The number of hydrogen-bond acceptors (Lipinski definition) is 7. The van der Waals surface area contributed by atoms with E-state index in [0.29, 0.717) is 18.9 Å².